The molecular formula is C19H31NaO4S. The molecule has 0 aromatic heterocycles. The molecule has 0 spiro atoms. The van der Waals surface area contributed by atoms with Crippen molar-refractivity contribution in [3.8, 4) is 5.75 Å². The molecule has 1 aromatic rings. The van der Waals surface area contributed by atoms with Crippen LogP contribution in [0.4, 0.5) is 0 Å². The van der Waals surface area contributed by atoms with E-state index in [2.05, 4.69) is 6.92 Å². The predicted octanol–water partition coefficient (Wildman–Crippen LogP) is 1.86. The van der Waals surface area contributed by atoms with Gasteiger partial charge in [0.2, 0.25) is 0 Å². The second-order valence-electron chi connectivity index (χ2n) is 6.53. The van der Waals surface area contributed by atoms with Crippen LogP contribution in [0.1, 0.15) is 83.1 Å². The number of aryl methyl sites for hydroxylation is 1. The fraction of sp³-hybridized carbons (Fsp3) is 0.684. The molecule has 1 rings (SSSR count). The standard InChI is InChI=1S/C19H32O4S.Na/c1-2-3-4-5-6-7-8-9-10-11-12-13-17-16-18(20)14-15-19(17)24(21,22)23;/h14-16,20H,2-13H2,1H3,(H,21,22,23);/q;+1/p-1. The molecule has 4 nitrogen and oxygen atoms in total. The molecule has 0 amide bonds. The molecule has 0 bridgehead atoms. The van der Waals surface area contributed by atoms with Crippen LogP contribution in [0.3, 0.4) is 0 Å². The van der Waals surface area contributed by atoms with Crippen molar-refractivity contribution in [3.63, 3.8) is 0 Å². The maximum atomic E-state index is 11.4. The van der Waals surface area contributed by atoms with Gasteiger partial charge in [-0.05, 0) is 24.5 Å². The van der Waals surface area contributed by atoms with Crippen molar-refractivity contribution in [2.45, 2.75) is 88.9 Å². The zero-order chi connectivity index (χ0) is 17.8. The van der Waals surface area contributed by atoms with Crippen molar-refractivity contribution >= 4 is 10.1 Å². The first-order chi connectivity index (χ1) is 11.4. The van der Waals surface area contributed by atoms with Gasteiger partial charge in [-0.15, -0.1) is 5.75 Å². The van der Waals surface area contributed by atoms with Gasteiger partial charge in [0, 0.05) is 0 Å². The summed E-state index contributed by atoms with van der Waals surface area (Å²) in [5.41, 5.74) is 0.431. The topological polar surface area (TPSA) is 77.4 Å². The number of unbranched alkanes of at least 4 members (excludes halogenated alkanes) is 10. The molecule has 0 aliphatic heterocycles. The molecule has 0 fully saturated rings. The summed E-state index contributed by atoms with van der Waals surface area (Å²) in [6.07, 6.45) is 13.9. The van der Waals surface area contributed by atoms with Crippen LogP contribution in [0.5, 0.6) is 5.75 Å². The molecule has 0 saturated heterocycles. The number of hydrogen-bond acceptors (Lipinski definition) is 3. The van der Waals surface area contributed by atoms with E-state index in [0.29, 0.717) is 12.0 Å². The SMILES string of the molecule is CCCCCCCCCCCCCc1cc([O-])ccc1S(=O)(=O)O.[Na+]. The minimum absolute atomic E-state index is 0. The molecule has 0 saturated carbocycles. The van der Waals surface area contributed by atoms with Crippen molar-refractivity contribution in [2.75, 3.05) is 0 Å². The zero-order valence-electron chi connectivity index (χ0n) is 15.8. The summed E-state index contributed by atoms with van der Waals surface area (Å²) in [6.45, 7) is 2.23. The second kappa shape index (κ2) is 14.0. The van der Waals surface area contributed by atoms with Crippen LogP contribution in [0.2, 0.25) is 0 Å². The quantitative estimate of drug-likeness (QED) is 0.323. The molecule has 0 aliphatic carbocycles. The Morgan fingerprint density at radius 3 is 1.84 bits per heavy atom. The van der Waals surface area contributed by atoms with Gasteiger partial charge in [-0.1, -0.05) is 83.3 Å². The van der Waals surface area contributed by atoms with Crippen molar-refractivity contribution < 1.29 is 47.6 Å². The van der Waals surface area contributed by atoms with Gasteiger partial charge in [0.25, 0.3) is 10.1 Å². The molecule has 6 heteroatoms. The minimum Gasteiger partial charge on any atom is -0.872 e. The van der Waals surface area contributed by atoms with E-state index in [9.17, 15) is 18.1 Å². The predicted molar refractivity (Wildman–Crippen MR) is 95.9 cm³/mol. The van der Waals surface area contributed by atoms with Crippen LogP contribution in [0, 0.1) is 0 Å². The Bertz CT molecular complexity index is 573. The summed E-state index contributed by atoms with van der Waals surface area (Å²) >= 11 is 0. The molecule has 0 radical (unpaired) electrons. The van der Waals surface area contributed by atoms with E-state index in [0.717, 1.165) is 19.3 Å². The molecule has 1 N–H and O–H groups in total. The van der Waals surface area contributed by atoms with Gasteiger partial charge in [0.15, 0.2) is 0 Å². The summed E-state index contributed by atoms with van der Waals surface area (Å²) < 4.78 is 31.8. The fourth-order valence-electron chi connectivity index (χ4n) is 2.98. The summed E-state index contributed by atoms with van der Waals surface area (Å²) in [5.74, 6) is -0.222. The van der Waals surface area contributed by atoms with E-state index < -0.39 is 10.1 Å². The van der Waals surface area contributed by atoms with Gasteiger partial charge in [0.05, 0.1) is 4.90 Å². The largest absolute Gasteiger partial charge is 1.00 e. The number of benzene rings is 1. The van der Waals surface area contributed by atoms with E-state index in [1.165, 1.54) is 69.6 Å². The minimum atomic E-state index is -4.25. The summed E-state index contributed by atoms with van der Waals surface area (Å²) in [6, 6.07) is 3.69. The Kier molecular flexibility index (Phi) is 14.0. The van der Waals surface area contributed by atoms with E-state index in [4.69, 9.17) is 0 Å². The van der Waals surface area contributed by atoms with Gasteiger partial charge < -0.3 is 5.11 Å². The van der Waals surface area contributed by atoms with Gasteiger partial charge in [-0.2, -0.15) is 8.42 Å². The van der Waals surface area contributed by atoms with Crippen molar-refractivity contribution in [3.05, 3.63) is 23.8 Å². The fourth-order valence-corrected chi connectivity index (χ4v) is 3.71. The Labute approximate surface area is 175 Å². The molecular weight excluding hydrogens is 347 g/mol. The summed E-state index contributed by atoms with van der Waals surface area (Å²) in [7, 11) is -4.25. The number of hydrogen-bond donors (Lipinski definition) is 1. The Morgan fingerprint density at radius 1 is 0.880 bits per heavy atom. The van der Waals surface area contributed by atoms with Crippen LogP contribution in [0.25, 0.3) is 0 Å². The molecule has 0 heterocycles. The average molecular weight is 379 g/mol. The van der Waals surface area contributed by atoms with Crippen LogP contribution in [0.15, 0.2) is 23.1 Å². The molecule has 1 aromatic carbocycles. The van der Waals surface area contributed by atoms with Crippen LogP contribution in [-0.4, -0.2) is 13.0 Å². The summed E-state index contributed by atoms with van der Waals surface area (Å²) in [4.78, 5) is -0.130. The van der Waals surface area contributed by atoms with E-state index in [1.54, 1.807) is 0 Å². The van der Waals surface area contributed by atoms with Gasteiger partial charge >= 0.3 is 29.6 Å². The van der Waals surface area contributed by atoms with Gasteiger partial charge in [0.1, 0.15) is 0 Å². The van der Waals surface area contributed by atoms with Crippen LogP contribution >= 0.6 is 0 Å². The monoisotopic (exact) mass is 378 g/mol. The van der Waals surface area contributed by atoms with Crippen molar-refractivity contribution in [2.24, 2.45) is 0 Å². The second-order valence-corrected chi connectivity index (χ2v) is 7.92. The summed E-state index contributed by atoms with van der Waals surface area (Å²) in [5, 5.41) is 11.4. The van der Waals surface area contributed by atoms with Crippen LogP contribution in [-0.2, 0) is 16.5 Å². The van der Waals surface area contributed by atoms with E-state index >= 15 is 0 Å². The van der Waals surface area contributed by atoms with Crippen LogP contribution < -0.4 is 34.7 Å². The molecule has 0 aliphatic rings. The van der Waals surface area contributed by atoms with E-state index in [1.807, 2.05) is 0 Å². The Morgan fingerprint density at radius 2 is 1.36 bits per heavy atom. The molecule has 138 valence electrons. The maximum absolute atomic E-state index is 11.4. The first-order valence-electron chi connectivity index (χ1n) is 9.22. The zero-order valence-corrected chi connectivity index (χ0v) is 18.6. The number of rotatable bonds is 13. The third-order valence-electron chi connectivity index (χ3n) is 4.36. The molecule has 25 heavy (non-hydrogen) atoms. The Balaban J connectivity index is 0.00000576. The first-order valence-corrected chi connectivity index (χ1v) is 10.7. The molecule has 0 atom stereocenters. The van der Waals surface area contributed by atoms with Crippen molar-refractivity contribution in [1.82, 2.24) is 0 Å². The Hall–Kier alpha value is -0.0700. The van der Waals surface area contributed by atoms with E-state index in [-0.39, 0.29) is 40.2 Å². The third kappa shape index (κ3) is 11.3. The average Bonchev–Trinajstić information content (AvgIpc) is 2.51. The van der Waals surface area contributed by atoms with Gasteiger partial charge in [-0.25, -0.2) is 0 Å². The molecule has 0 unspecified atom stereocenters. The van der Waals surface area contributed by atoms with Crippen molar-refractivity contribution in [1.29, 1.82) is 0 Å². The third-order valence-corrected chi connectivity index (χ3v) is 5.31. The normalized spacial score (nSPS) is 11.3. The smallest absolute Gasteiger partial charge is 0.872 e. The first kappa shape index (κ1) is 24.9. The maximum Gasteiger partial charge on any atom is 1.00 e. The van der Waals surface area contributed by atoms with Gasteiger partial charge in [-0.3, -0.25) is 4.55 Å².